The third-order valence-corrected chi connectivity index (χ3v) is 4.17. The SMILES string of the molecule is O=C(O)c1ccc(N2CCCCC2Nc2ncccn2)c(Cl)c1. The number of hydrogen-bond acceptors (Lipinski definition) is 5. The lowest BCUT2D eigenvalue weighted by Gasteiger charge is -2.38. The molecule has 23 heavy (non-hydrogen) atoms. The minimum Gasteiger partial charge on any atom is -0.478 e. The molecule has 0 amide bonds. The molecule has 0 radical (unpaired) electrons. The fourth-order valence-corrected chi connectivity index (χ4v) is 3.05. The zero-order chi connectivity index (χ0) is 16.2. The van der Waals surface area contributed by atoms with Crippen LogP contribution in [0.5, 0.6) is 0 Å². The van der Waals surface area contributed by atoms with Crippen molar-refractivity contribution in [2.24, 2.45) is 0 Å². The number of piperidine rings is 1. The number of aromatic nitrogens is 2. The van der Waals surface area contributed by atoms with Crippen molar-refractivity contribution in [1.29, 1.82) is 0 Å². The number of carbonyl (C=O) groups is 1. The summed E-state index contributed by atoms with van der Waals surface area (Å²) in [4.78, 5) is 21.6. The summed E-state index contributed by atoms with van der Waals surface area (Å²) < 4.78 is 0. The minimum atomic E-state index is -0.982. The number of carboxylic acid groups (broad SMARTS) is 1. The van der Waals surface area contributed by atoms with E-state index >= 15 is 0 Å². The Kier molecular flexibility index (Phi) is 4.62. The van der Waals surface area contributed by atoms with Gasteiger partial charge in [-0.1, -0.05) is 11.6 Å². The van der Waals surface area contributed by atoms with Crippen molar-refractivity contribution >= 4 is 29.2 Å². The predicted molar refractivity (Wildman–Crippen MR) is 89.1 cm³/mol. The van der Waals surface area contributed by atoms with Crippen LogP contribution in [-0.2, 0) is 0 Å². The highest BCUT2D eigenvalue weighted by Crippen LogP contribution is 2.32. The number of anilines is 2. The van der Waals surface area contributed by atoms with E-state index in [0.717, 1.165) is 31.5 Å². The maximum absolute atomic E-state index is 11.0. The number of halogens is 1. The van der Waals surface area contributed by atoms with Gasteiger partial charge in [0.2, 0.25) is 5.95 Å². The highest BCUT2D eigenvalue weighted by Gasteiger charge is 2.25. The molecule has 3 rings (SSSR count). The Hall–Kier alpha value is -2.34. The van der Waals surface area contributed by atoms with Crippen molar-refractivity contribution in [2.45, 2.75) is 25.4 Å². The van der Waals surface area contributed by atoms with Crippen molar-refractivity contribution in [3.8, 4) is 0 Å². The van der Waals surface area contributed by atoms with E-state index in [4.69, 9.17) is 16.7 Å². The molecule has 1 saturated heterocycles. The number of rotatable bonds is 4. The molecule has 0 spiro atoms. The number of benzene rings is 1. The molecule has 2 aromatic rings. The first-order valence-electron chi connectivity index (χ1n) is 7.48. The monoisotopic (exact) mass is 332 g/mol. The molecule has 120 valence electrons. The Morgan fingerprint density at radius 2 is 2.09 bits per heavy atom. The molecule has 2 N–H and O–H groups in total. The van der Waals surface area contributed by atoms with Gasteiger partial charge in [-0.3, -0.25) is 0 Å². The average Bonchev–Trinajstić information content (AvgIpc) is 2.56. The normalized spacial score (nSPS) is 17.8. The second-order valence-corrected chi connectivity index (χ2v) is 5.80. The molecular weight excluding hydrogens is 316 g/mol. The standard InChI is InChI=1S/C16H17ClN4O2/c17-12-10-11(15(22)23)5-6-13(12)21-9-2-1-4-14(21)20-16-18-7-3-8-19-16/h3,5-8,10,14H,1-2,4,9H2,(H,22,23)(H,18,19,20). The van der Waals surface area contributed by atoms with E-state index in [-0.39, 0.29) is 11.7 Å². The third-order valence-electron chi connectivity index (χ3n) is 3.87. The zero-order valence-electron chi connectivity index (χ0n) is 12.4. The molecule has 0 bridgehead atoms. The molecule has 1 atom stereocenters. The summed E-state index contributed by atoms with van der Waals surface area (Å²) in [6.07, 6.45) is 6.51. The molecule has 2 heterocycles. The summed E-state index contributed by atoms with van der Waals surface area (Å²) in [5.74, 6) is -0.410. The van der Waals surface area contributed by atoms with Gasteiger partial charge in [0.05, 0.1) is 16.3 Å². The van der Waals surface area contributed by atoms with Gasteiger partial charge >= 0.3 is 5.97 Å². The van der Waals surface area contributed by atoms with Gasteiger partial charge in [0.25, 0.3) is 0 Å². The Morgan fingerprint density at radius 1 is 1.30 bits per heavy atom. The summed E-state index contributed by atoms with van der Waals surface area (Å²) in [7, 11) is 0. The summed E-state index contributed by atoms with van der Waals surface area (Å²) in [5.41, 5.74) is 1.01. The van der Waals surface area contributed by atoms with Gasteiger partial charge in [0.15, 0.2) is 0 Å². The topological polar surface area (TPSA) is 78.4 Å². The van der Waals surface area contributed by atoms with Gasteiger partial charge in [-0.05, 0) is 43.5 Å². The maximum atomic E-state index is 11.0. The molecule has 1 aliphatic heterocycles. The Morgan fingerprint density at radius 3 is 2.78 bits per heavy atom. The molecule has 7 heteroatoms. The van der Waals surface area contributed by atoms with Gasteiger partial charge in [-0.2, -0.15) is 0 Å². The highest BCUT2D eigenvalue weighted by atomic mass is 35.5. The van der Waals surface area contributed by atoms with E-state index in [1.807, 2.05) is 0 Å². The van der Waals surface area contributed by atoms with E-state index in [9.17, 15) is 4.79 Å². The predicted octanol–water partition coefficient (Wildman–Crippen LogP) is 3.26. The number of carboxylic acids is 1. The first-order valence-corrected chi connectivity index (χ1v) is 7.86. The Balaban J connectivity index is 1.85. The second kappa shape index (κ2) is 6.83. The van der Waals surface area contributed by atoms with E-state index in [1.165, 1.54) is 6.07 Å². The fraction of sp³-hybridized carbons (Fsp3) is 0.312. The lowest BCUT2D eigenvalue weighted by atomic mass is 10.1. The van der Waals surface area contributed by atoms with Crippen molar-refractivity contribution in [3.05, 3.63) is 47.2 Å². The first-order chi connectivity index (χ1) is 11.1. The molecule has 0 aliphatic carbocycles. The van der Waals surface area contributed by atoms with Gasteiger partial charge < -0.3 is 15.3 Å². The van der Waals surface area contributed by atoms with Crippen LogP contribution >= 0.6 is 11.6 Å². The smallest absolute Gasteiger partial charge is 0.335 e. The van der Waals surface area contributed by atoms with Crippen molar-refractivity contribution in [3.63, 3.8) is 0 Å². The van der Waals surface area contributed by atoms with E-state index in [0.29, 0.717) is 11.0 Å². The largest absolute Gasteiger partial charge is 0.478 e. The van der Waals surface area contributed by atoms with Crippen molar-refractivity contribution in [1.82, 2.24) is 9.97 Å². The third kappa shape index (κ3) is 3.53. The quantitative estimate of drug-likeness (QED) is 0.894. The molecule has 1 aromatic carbocycles. The summed E-state index contributed by atoms with van der Waals surface area (Å²) in [5, 5.41) is 12.8. The molecule has 0 saturated carbocycles. The highest BCUT2D eigenvalue weighted by molar-refractivity contribution is 6.33. The molecule has 1 aliphatic rings. The Bertz CT molecular complexity index is 696. The lowest BCUT2D eigenvalue weighted by molar-refractivity contribution is 0.0697. The minimum absolute atomic E-state index is 0.0272. The lowest BCUT2D eigenvalue weighted by Crippen LogP contribution is -2.45. The van der Waals surface area contributed by atoms with Crippen LogP contribution in [0.2, 0.25) is 5.02 Å². The summed E-state index contributed by atoms with van der Waals surface area (Å²) >= 11 is 6.31. The van der Waals surface area contributed by atoms with E-state index in [2.05, 4.69) is 20.2 Å². The van der Waals surface area contributed by atoms with Crippen LogP contribution in [-0.4, -0.2) is 33.8 Å². The Labute approximate surface area is 139 Å². The van der Waals surface area contributed by atoms with Crippen LogP contribution in [0.3, 0.4) is 0 Å². The molecule has 1 aromatic heterocycles. The number of hydrogen-bond donors (Lipinski definition) is 2. The van der Waals surface area contributed by atoms with E-state index in [1.54, 1.807) is 30.6 Å². The summed E-state index contributed by atoms with van der Waals surface area (Å²) in [6.45, 7) is 0.844. The van der Waals surface area contributed by atoms with Crippen LogP contribution in [0, 0.1) is 0 Å². The average molecular weight is 333 g/mol. The molecule has 6 nitrogen and oxygen atoms in total. The molecule has 1 unspecified atom stereocenters. The first kappa shape index (κ1) is 15.6. The fourth-order valence-electron chi connectivity index (χ4n) is 2.77. The van der Waals surface area contributed by atoms with Gasteiger partial charge in [-0.25, -0.2) is 14.8 Å². The molecular formula is C16H17ClN4O2. The molecule has 1 fully saturated rings. The van der Waals surface area contributed by atoms with Crippen molar-refractivity contribution in [2.75, 3.05) is 16.8 Å². The second-order valence-electron chi connectivity index (χ2n) is 5.39. The number of nitrogens with zero attached hydrogens (tertiary/aromatic N) is 3. The van der Waals surface area contributed by atoms with Crippen LogP contribution in [0.4, 0.5) is 11.6 Å². The van der Waals surface area contributed by atoms with Gasteiger partial charge in [0, 0.05) is 18.9 Å². The summed E-state index contributed by atoms with van der Waals surface area (Å²) in [6, 6.07) is 6.60. The maximum Gasteiger partial charge on any atom is 0.335 e. The van der Waals surface area contributed by atoms with Crippen LogP contribution < -0.4 is 10.2 Å². The van der Waals surface area contributed by atoms with Crippen molar-refractivity contribution < 1.29 is 9.90 Å². The van der Waals surface area contributed by atoms with Crippen LogP contribution in [0.1, 0.15) is 29.6 Å². The number of aromatic carboxylic acids is 1. The van der Waals surface area contributed by atoms with E-state index < -0.39 is 5.97 Å². The van der Waals surface area contributed by atoms with Crippen LogP contribution in [0.25, 0.3) is 0 Å². The van der Waals surface area contributed by atoms with Gasteiger partial charge in [-0.15, -0.1) is 0 Å². The van der Waals surface area contributed by atoms with Crippen LogP contribution in [0.15, 0.2) is 36.7 Å². The zero-order valence-corrected chi connectivity index (χ0v) is 13.2. The number of nitrogens with one attached hydrogen (secondary N) is 1. The van der Waals surface area contributed by atoms with Gasteiger partial charge in [0.1, 0.15) is 6.17 Å².